The summed E-state index contributed by atoms with van der Waals surface area (Å²) in [5, 5.41) is 30.9. The zero-order chi connectivity index (χ0) is 51.1. The molecule has 2 aliphatic carbocycles. The Balaban J connectivity index is 0.000000537. The van der Waals surface area contributed by atoms with E-state index >= 15 is 0 Å². The minimum atomic E-state index is -1.43. The molecular weight excluding hydrogens is 907 g/mol. The van der Waals surface area contributed by atoms with Crippen molar-refractivity contribution in [3.05, 3.63) is 59.7 Å². The standard InChI is InChI=1S/C24H34N2O6.C12H18N2O2.C12H16O4.CH2Cl2/c1-22(2)12-18(26-16-27)13-24(5,14-22)15-25-21(29)32-11-10-31-19-8-6-17(7-9-19)20(28)23(3,4)30;1-11(2)4-10(14-9-16)5-12(3,6-11)7-13-8-15;1-12(2,15)11(14)9-3-5-10(6-4-9)16-8-7-13;2-1-3/h6-9,18,30H,10-15H2,1-5H3,(H,25,29);10H,4-7H2,1-3H3;3-6,13,15H,7-8H2,1-2H3;1H2. The van der Waals surface area contributed by atoms with Gasteiger partial charge in [-0.15, -0.1) is 23.2 Å². The summed E-state index contributed by atoms with van der Waals surface area (Å²) in [4.78, 5) is 78.4. The number of ketones is 2. The number of aliphatic imine (C=N–C) groups is 3. The Hall–Kier alpha value is -4.75. The van der Waals surface area contributed by atoms with Crippen molar-refractivity contribution in [2.45, 2.75) is 131 Å². The first-order valence-corrected chi connectivity index (χ1v) is 23.0. The Labute approximate surface area is 405 Å². The number of hydrogen-bond acceptors (Lipinski definition) is 15. The molecule has 0 radical (unpaired) electrons. The number of aliphatic hydroxyl groups excluding tert-OH is 1. The van der Waals surface area contributed by atoms with E-state index in [0.717, 1.165) is 32.1 Å². The first-order valence-electron chi connectivity index (χ1n) is 21.9. The number of Topliss-reactive ketones (excluding diaryl/α,β-unsaturated/α-hetero) is 2. The molecule has 0 aromatic heterocycles. The van der Waals surface area contributed by atoms with Gasteiger partial charge in [0.05, 0.1) is 30.6 Å². The molecule has 1 amide bonds. The molecule has 0 aliphatic heterocycles. The van der Waals surface area contributed by atoms with Crippen molar-refractivity contribution in [1.82, 2.24) is 5.32 Å². The van der Waals surface area contributed by atoms with Crippen LogP contribution in [0.4, 0.5) is 4.79 Å². The molecule has 2 fully saturated rings. The summed E-state index contributed by atoms with van der Waals surface area (Å²) >= 11 is 9.53. The maximum absolute atomic E-state index is 12.1. The zero-order valence-electron chi connectivity index (χ0n) is 40.6. The van der Waals surface area contributed by atoms with E-state index in [-0.39, 0.29) is 77.1 Å². The second-order valence-corrected chi connectivity index (χ2v) is 20.9. The summed E-state index contributed by atoms with van der Waals surface area (Å²) < 4.78 is 15.9. The van der Waals surface area contributed by atoms with Crippen LogP contribution in [0.25, 0.3) is 0 Å². The highest BCUT2D eigenvalue weighted by Gasteiger charge is 2.42. The molecule has 0 heterocycles. The Kier molecular flexibility index (Phi) is 25.1. The zero-order valence-corrected chi connectivity index (χ0v) is 42.1. The van der Waals surface area contributed by atoms with Crippen molar-refractivity contribution in [1.29, 1.82) is 0 Å². The van der Waals surface area contributed by atoms with Gasteiger partial charge in [0.25, 0.3) is 0 Å². The summed E-state index contributed by atoms with van der Waals surface area (Å²) in [6.07, 6.45) is 9.45. The van der Waals surface area contributed by atoms with E-state index < -0.39 is 17.3 Å². The molecule has 2 aliphatic rings. The lowest BCUT2D eigenvalue weighted by atomic mass is 9.63. The Morgan fingerprint density at radius 3 is 1.46 bits per heavy atom. The molecule has 2 saturated carbocycles. The molecule has 372 valence electrons. The minimum absolute atomic E-state index is 0.00750. The molecule has 0 bridgehead atoms. The van der Waals surface area contributed by atoms with Gasteiger partial charge in [-0.05, 0) is 136 Å². The fraction of sp³-hybridized carbons (Fsp3) is 0.633. The van der Waals surface area contributed by atoms with Crippen LogP contribution in [0.5, 0.6) is 11.5 Å². The number of carbonyl (C=O) groups excluding carboxylic acids is 6. The monoisotopic (exact) mass is 976 g/mol. The lowest BCUT2D eigenvalue weighted by Crippen LogP contribution is -2.45. The summed E-state index contributed by atoms with van der Waals surface area (Å²) in [7, 11) is 0. The highest BCUT2D eigenvalue weighted by molar-refractivity contribution is 6.40. The molecule has 2 aromatic carbocycles. The molecule has 2 aromatic rings. The van der Waals surface area contributed by atoms with Crippen LogP contribution in [0, 0.1) is 21.7 Å². The van der Waals surface area contributed by atoms with Gasteiger partial charge in [0.1, 0.15) is 42.5 Å². The number of alkyl carbamates (subject to hydrolysis) is 1. The Morgan fingerprint density at radius 1 is 0.672 bits per heavy atom. The van der Waals surface area contributed by atoms with E-state index in [4.69, 9.17) is 42.5 Å². The number of halogens is 2. The van der Waals surface area contributed by atoms with Gasteiger partial charge in [0.2, 0.25) is 18.2 Å². The van der Waals surface area contributed by atoms with Gasteiger partial charge >= 0.3 is 6.09 Å². The minimum Gasteiger partial charge on any atom is -0.491 e. The Morgan fingerprint density at radius 2 is 1.07 bits per heavy atom. The van der Waals surface area contributed by atoms with E-state index in [1.165, 1.54) is 27.7 Å². The fourth-order valence-electron chi connectivity index (χ4n) is 8.87. The Bertz CT molecular complexity index is 2020. The molecule has 4 rings (SSSR count). The quantitative estimate of drug-likeness (QED) is 0.0385. The summed E-state index contributed by atoms with van der Waals surface area (Å²) in [6, 6.07) is 12.8. The largest absolute Gasteiger partial charge is 0.491 e. The number of benzene rings is 2. The third kappa shape index (κ3) is 23.7. The molecule has 0 spiro atoms. The van der Waals surface area contributed by atoms with E-state index in [2.05, 4.69) is 61.8 Å². The molecule has 4 atom stereocenters. The molecule has 4 unspecified atom stereocenters. The van der Waals surface area contributed by atoms with Crippen LogP contribution in [0.2, 0.25) is 0 Å². The van der Waals surface area contributed by atoms with Gasteiger partial charge in [-0.3, -0.25) is 9.59 Å². The van der Waals surface area contributed by atoms with Crippen LogP contribution in [-0.2, 0) is 19.1 Å². The van der Waals surface area contributed by atoms with Crippen LogP contribution >= 0.6 is 23.2 Å². The number of carbonyl (C=O) groups is 3. The molecular formula is C49H70Cl2N4O12. The summed E-state index contributed by atoms with van der Waals surface area (Å²) in [5.41, 5.74) is -2.09. The number of rotatable bonds is 17. The van der Waals surface area contributed by atoms with Crippen molar-refractivity contribution in [2.75, 3.05) is 44.9 Å². The smallest absolute Gasteiger partial charge is 0.407 e. The number of ether oxygens (including phenoxy) is 3. The van der Waals surface area contributed by atoms with Crippen molar-refractivity contribution < 1.29 is 58.3 Å². The van der Waals surface area contributed by atoms with Gasteiger partial charge in [-0.2, -0.15) is 0 Å². The fourth-order valence-corrected chi connectivity index (χ4v) is 8.87. The van der Waals surface area contributed by atoms with Gasteiger partial charge < -0.3 is 34.8 Å². The third-order valence-electron chi connectivity index (χ3n) is 10.8. The van der Waals surface area contributed by atoms with Crippen molar-refractivity contribution in [3.63, 3.8) is 0 Å². The number of nitrogens with one attached hydrogen (secondary N) is 1. The average molecular weight is 978 g/mol. The second-order valence-electron chi connectivity index (χ2n) is 20.1. The number of isocyanates is 3. The third-order valence-corrected chi connectivity index (χ3v) is 10.8. The van der Waals surface area contributed by atoms with Gasteiger partial charge in [0, 0.05) is 17.7 Å². The molecule has 67 heavy (non-hydrogen) atoms. The number of aliphatic hydroxyl groups is 3. The SMILES string of the molecule is CC(C)(O)C(=O)c1ccc(OCCO)cc1.CC1(C)CC(N=C=O)CC(C)(CN=C=O)C1.CC1(C)CC(N=C=O)CC(C)(CNC(=O)OCCOc2ccc(C(=O)C(C)(C)O)cc2)C1.ClCCl. The van der Waals surface area contributed by atoms with Crippen molar-refractivity contribution in [2.24, 2.45) is 36.6 Å². The topological polar surface area (TPSA) is 240 Å². The number of alkyl halides is 2. The lowest BCUT2D eigenvalue weighted by molar-refractivity contribution is 0.0487. The summed E-state index contributed by atoms with van der Waals surface area (Å²) in [5.74, 6) is 0.408. The van der Waals surface area contributed by atoms with Crippen LogP contribution < -0.4 is 14.8 Å². The van der Waals surface area contributed by atoms with Gasteiger partial charge in [0.15, 0.2) is 11.6 Å². The molecule has 0 saturated heterocycles. The van der Waals surface area contributed by atoms with Crippen molar-refractivity contribution in [3.8, 4) is 11.5 Å². The predicted octanol–water partition coefficient (Wildman–Crippen LogP) is 8.34. The number of hydrogen-bond donors (Lipinski definition) is 4. The van der Waals surface area contributed by atoms with Gasteiger partial charge in [-0.25, -0.2) is 34.2 Å². The van der Waals surface area contributed by atoms with Crippen LogP contribution in [-0.4, -0.2) is 119 Å². The first-order chi connectivity index (χ1) is 31.1. The van der Waals surface area contributed by atoms with Crippen molar-refractivity contribution >= 4 is 59.1 Å². The number of amides is 1. The van der Waals surface area contributed by atoms with E-state index in [9.17, 15) is 39.0 Å². The van der Waals surface area contributed by atoms with Crippen LogP contribution in [0.1, 0.15) is 128 Å². The molecule has 18 heteroatoms. The lowest BCUT2D eigenvalue weighted by Gasteiger charge is -2.45. The highest BCUT2D eigenvalue weighted by atomic mass is 35.5. The maximum Gasteiger partial charge on any atom is 0.407 e. The predicted molar refractivity (Wildman–Crippen MR) is 256 cm³/mol. The molecule has 16 nitrogen and oxygen atoms in total. The molecule has 4 N–H and O–H groups in total. The van der Waals surface area contributed by atoms with E-state index in [1.807, 2.05) is 0 Å². The highest BCUT2D eigenvalue weighted by Crippen LogP contribution is 2.48. The second kappa shape index (κ2) is 27.9. The van der Waals surface area contributed by atoms with E-state index in [0.29, 0.717) is 42.1 Å². The van der Waals surface area contributed by atoms with E-state index in [1.54, 1.807) is 66.8 Å². The van der Waals surface area contributed by atoms with Crippen LogP contribution in [0.15, 0.2) is 63.5 Å². The first kappa shape index (κ1) is 60.3. The normalized spacial score (nSPS) is 21.4. The van der Waals surface area contributed by atoms with Crippen LogP contribution in [0.3, 0.4) is 0 Å². The maximum atomic E-state index is 12.1. The average Bonchev–Trinajstić information content (AvgIpc) is 3.22. The number of nitrogens with zero attached hydrogens (tertiary/aromatic N) is 3. The summed E-state index contributed by atoms with van der Waals surface area (Å²) in [6.45, 7) is 19.8. The van der Waals surface area contributed by atoms with Gasteiger partial charge in [-0.1, -0.05) is 41.5 Å².